The SMILES string of the molecule is CCCCc1nnnn1CC1(C(=O)O)CCOCC1. The quantitative estimate of drug-likeness (QED) is 0.824. The molecule has 1 aliphatic rings. The van der Waals surface area contributed by atoms with Gasteiger partial charge < -0.3 is 9.84 Å². The highest BCUT2D eigenvalue weighted by Gasteiger charge is 2.41. The lowest BCUT2D eigenvalue weighted by atomic mass is 9.80. The minimum absolute atomic E-state index is 0.331. The zero-order valence-electron chi connectivity index (χ0n) is 11.2. The first-order valence-corrected chi connectivity index (χ1v) is 6.74. The number of aryl methyl sites for hydroxylation is 1. The molecule has 0 spiro atoms. The van der Waals surface area contributed by atoms with Gasteiger partial charge in [0, 0.05) is 19.6 Å². The van der Waals surface area contributed by atoms with E-state index >= 15 is 0 Å². The molecule has 0 amide bonds. The molecule has 0 aliphatic carbocycles. The minimum Gasteiger partial charge on any atom is -0.481 e. The molecule has 0 unspecified atom stereocenters. The number of aromatic nitrogens is 4. The Labute approximate surface area is 111 Å². The fraction of sp³-hybridized carbons (Fsp3) is 0.833. The van der Waals surface area contributed by atoms with Crippen molar-refractivity contribution < 1.29 is 14.6 Å². The van der Waals surface area contributed by atoms with Crippen LogP contribution in [0.1, 0.15) is 38.4 Å². The van der Waals surface area contributed by atoms with Gasteiger partial charge in [-0.3, -0.25) is 4.79 Å². The van der Waals surface area contributed by atoms with E-state index in [2.05, 4.69) is 22.4 Å². The van der Waals surface area contributed by atoms with Crippen LogP contribution >= 0.6 is 0 Å². The van der Waals surface area contributed by atoms with Crippen LogP contribution in [0.3, 0.4) is 0 Å². The molecule has 1 aromatic rings. The lowest BCUT2D eigenvalue weighted by Crippen LogP contribution is -2.41. The Kier molecular flexibility index (Phi) is 4.47. The first-order chi connectivity index (χ1) is 9.18. The fourth-order valence-corrected chi connectivity index (χ4v) is 2.35. The monoisotopic (exact) mass is 268 g/mol. The van der Waals surface area contributed by atoms with E-state index in [1.165, 1.54) is 0 Å². The van der Waals surface area contributed by atoms with Gasteiger partial charge in [0.25, 0.3) is 0 Å². The summed E-state index contributed by atoms with van der Waals surface area (Å²) in [7, 11) is 0. The van der Waals surface area contributed by atoms with E-state index in [4.69, 9.17) is 4.74 Å². The molecule has 0 bridgehead atoms. The molecule has 106 valence electrons. The summed E-state index contributed by atoms with van der Waals surface area (Å²) in [4.78, 5) is 11.6. The van der Waals surface area contributed by atoms with Crippen LogP contribution in [0.15, 0.2) is 0 Å². The first kappa shape index (κ1) is 13.9. The van der Waals surface area contributed by atoms with Gasteiger partial charge in [-0.15, -0.1) is 5.10 Å². The van der Waals surface area contributed by atoms with Crippen LogP contribution in [0.25, 0.3) is 0 Å². The van der Waals surface area contributed by atoms with Crippen LogP contribution < -0.4 is 0 Å². The molecular weight excluding hydrogens is 248 g/mol. The van der Waals surface area contributed by atoms with Crippen LogP contribution in [0.4, 0.5) is 0 Å². The summed E-state index contributed by atoms with van der Waals surface area (Å²) in [6.45, 7) is 3.40. The minimum atomic E-state index is -0.797. The molecule has 2 rings (SSSR count). The molecular formula is C12H20N4O3. The molecule has 0 radical (unpaired) electrons. The highest BCUT2D eigenvalue weighted by Crippen LogP contribution is 2.32. The molecule has 0 saturated carbocycles. The highest BCUT2D eigenvalue weighted by atomic mass is 16.5. The third-order valence-corrected chi connectivity index (χ3v) is 3.72. The number of nitrogens with zero attached hydrogens (tertiary/aromatic N) is 4. The van der Waals surface area contributed by atoms with Crippen LogP contribution in [0.2, 0.25) is 0 Å². The molecule has 0 atom stereocenters. The summed E-state index contributed by atoms with van der Waals surface area (Å²) in [5, 5.41) is 21.1. The predicted octanol–water partition coefficient (Wildman–Crippen LogP) is 0.897. The van der Waals surface area contributed by atoms with Gasteiger partial charge >= 0.3 is 5.97 Å². The Morgan fingerprint density at radius 1 is 1.47 bits per heavy atom. The Morgan fingerprint density at radius 3 is 2.84 bits per heavy atom. The molecule has 19 heavy (non-hydrogen) atoms. The molecule has 1 fully saturated rings. The fourth-order valence-electron chi connectivity index (χ4n) is 2.35. The van der Waals surface area contributed by atoms with Crippen molar-refractivity contribution in [3.05, 3.63) is 5.82 Å². The van der Waals surface area contributed by atoms with Crippen molar-refractivity contribution in [2.24, 2.45) is 5.41 Å². The van der Waals surface area contributed by atoms with Crippen LogP contribution in [-0.4, -0.2) is 44.5 Å². The number of rotatable bonds is 6. The Balaban J connectivity index is 2.13. The third-order valence-electron chi connectivity index (χ3n) is 3.72. The van der Waals surface area contributed by atoms with Gasteiger partial charge in [0.2, 0.25) is 0 Å². The van der Waals surface area contributed by atoms with Gasteiger partial charge in [0.05, 0.1) is 12.0 Å². The largest absolute Gasteiger partial charge is 0.481 e. The molecule has 1 saturated heterocycles. The second kappa shape index (κ2) is 6.10. The maximum Gasteiger partial charge on any atom is 0.311 e. The average molecular weight is 268 g/mol. The number of carboxylic acids is 1. The smallest absolute Gasteiger partial charge is 0.311 e. The number of unbranched alkanes of at least 4 members (excludes halogenated alkanes) is 1. The molecule has 7 heteroatoms. The molecule has 1 aliphatic heterocycles. The summed E-state index contributed by atoms with van der Waals surface area (Å²) in [5.41, 5.74) is -0.797. The summed E-state index contributed by atoms with van der Waals surface area (Å²) in [5.74, 6) is -0.0123. The van der Waals surface area contributed by atoms with Crippen molar-refractivity contribution >= 4 is 5.97 Å². The number of aliphatic carboxylic acids is 1. The number of hydrogen-bond donors (Lipinski definition) is 1. The van der Waals surface area contributed by atoms with Crippen molar-refractivity contribution in [1.82, 2.24) is 20.2 Å². The second-order valence-corrected chi connectivity index (χ2v) is 5.05. The van der Waals surface area contributed by atoms with Gasteiger partial charge in [0.1, 0.15) is 0 Å². The predicted molar refractivity (Wildman–Crippen MR) is 66.6 cm³/mol. The van der Waals surface area contributed by atoms with E-state index in [9.17, 15) is 9.90 Å². The number of carbonyl (C=O) groups is 1. The number of tetrazole rings is 1. The average Bonchev–Trinajstić information content (AvgIpc) is 2.84. The lowest BCUT2D eigenvalue weighted by Gasteiger charge is -2.32. The Morgan fingerprint density at radius 2 is 2.21 bits per heavy atom. The molecule has 7 nitrogen and oxygen atoms in total. The van der Waals surface area contributed by atoms with Gasteiger partial charge in [0.15, 0.2) is 5.82 Å². The van der Waals surface area contributed by atoms with Gasteiger partial charge in [-0.25, -0.2) is 4.68 Å². The van der Waals surface area contributed by atoms with Crippen molar-refractivity contribution in [3.63, 3.8) is 0 Å². The normalized spacial score (nSPS) is 18.4. The number of carboxylic acid groups (broad SMARTS) is 1. The van der Waals surface area contributed by atoms with E-state index in [0.717, 1.165) is 25.1 Å². The maximum atomic E-state index is 11.6. The molecule has 1 aromatic heterocycles. The van der Waals surface area contributed by atoms with E-state index in [0.29, 0.717) is 32.6 Å². The van der Waals surface area contributed by atoms with E-state index < -0.39 is 11.4 Å². The Hall–Kier alpha value is -1.50. The van der Waals surface area contributed by atoms with Crippen LogP contribution in [-0.2, 0) is 22.5 Å². The van der Waals surface area contributed by atoms with Crippen molar-refractivity contribution in [1.29, 1.82) is 0 Å². The second-order valence-electron chi connectivity index (χ2n) is 5.05. The molecule has 0 aromatic carbocycles. The third kappa shape index (κ3) is 3.09. The van der Waals surface area contributed by atoms with E-state index in [-0.39, 0.29) is 0 Å². The zero-order chi connectivity index (χ0) is 13.7. The Bertz CT molecular complexity index is 426. The highest BCUT2D eigenvalue weighted by molar-refractivity contribution is 5.74. The van der Waals surface area contributed by atoms with Crippen molar-refractivity contribution in [2.75, 3.05) is 13.2 Å². The van der Waals surface area contributed by atoms with Crippen molar-refractivity contribution in [2.45, 2.75) is 45.6 Å². The lowest BCUT2D eigenvalue weighted by molar-refractivity contribution is -0.156. The first-order valence-electron chi connectivity index (χ1n) is 6.74. The standard InChI is InChI=1S/C12H20N4O3/c1-2-3-4-10-13-14-15-16(10)9-12(11(17)18)5-7-19-8-6-12/h2-9H2,1H3,(H,17,18). The van der Waals surface area contributed by atoms with Gasteiger partial charge in [-0.1, -0.05) is 13.3 Å². The van der Waals surface area contributed by atoms with Gasteiger partial charge in [-0.05, 0) is 29.7 Å². The molecule has 2 heterocycles. The molecule has 1 N–H and O–H groups in total. The van der Waals surface area contributed by atoms with Crippen LogP contribution in [0.5, 0.6) is 0 Å². The zero-order valence-corrected chi connectivity index (χ0v) is 11.2. The van der Waals surface area contributed by atoms with Crippen molar-refractivity contribution in [3.8, 4) is 0 Å². The summed E-state index contributed by atoms with van der Waals surface area (Å²) in [6, 6.07) is 0. The summed E-state index contributed by atoms with van der Waals surface area (Å²) >= 11 is 0. The van der Waals surface area contributed by atoms with E-state index in [1.807, 2.05) is 0 Å². The summed E-state index contributed by atoms with van der Waals surface area (Å²) in [6.07, 6.45) is 3.87. The summed E-state index contributed by atoms with van der Waals surface area (Å²) < 4.78 is 6.91. The van der Waals surface area contributed by atoms with E-state index in [1.54, 1.807) is 4.68 Å². The number of ether oxygens (including phenoxy) is 1. The number of hydrogen-bond acceptors (Lipinski definition) is 5. The van der Waals surface area contributed by atoms with Crippen LogP contribution in [0, 0.1) is 5.41 Å². The maximum absolute atomic E-state index is 11.6. The topological polar surface area (TPSA) is 90.1 Å². The van der Waals surface area contributed by atoms with Gasteiger partial charge in [-0.2, -0.15) is 0 Å².